The van der Waals surface area contributed by atoms with E-state index in [1.54, 1.807) is 30.3 Å². The molecular weight excluding hydrogens is 547 g/mol. The Balaban J connectivity index is 0.00000441. The van der Waals surface area contributed by atoms with Crippen molar-refractivity contribution in [2.75, 3.05) is 28.4 Å². The van der Waals surface area contributed by atoms with Crippen LogP contribution in [0.5, 0.6) is 17.2 Å². The molecule has 0 bridgehead atoms. The van der Waals surface area contributed by atoms with Gasteiger partial charge in [-0.3, -0.25) is 4.79 Å². The van der Waals surface area contributed by atoms with Crippen LogP contribution in [0.1, 0.15) is 31.8 Å². The van der Waals surface area contributed by atoms with Crippen molar-refractivity contribution in [3.63, 3.8) is 0 Å². The maximum absolute atomic E-state index is 14.0. The largest absolute Gasteiger partial charge is 1.00 e. The molecule has 12 heteroatoms. The number of ether oxygens (including phenoxy) is 4. The number of benzene rings is 3. The smallest absolute Gasteiger partial charge is 0.545 e. The van der Waals surface area contributed by atoms with E-state index in [0.29, 0.717) is 22.2 Å². The number of carboxylic acids is 1. The molecule has 0 saturated heterocycles. The molecule has 3 aromatic carbocycles. The van der Waals surface area contributed by atoms with Crippen LogP contribution in [0.4, 0.5) is 0 Å². The Morgan fingerprint density at radius 3 is 1.93 bits per heavy atom. The monoisotopic (exact) mass is 570 g/mol. The van der Waals surface area contributed by atoms with Crippen molar-refractivity contribution in [1.82, 2.24) is 8.75 Å². The van der Waals surface area contributed by atoms with Crippen LogP contribution < -0.4 is 48.9 Å². The Kier molecular flexibility index (Phi) is 10.4. The number of aromatic nitrogens is 2. The summed E-state index contributed by atoms with van der Waals surface area (Å²) >= 11 is 0.990. The fourth-order valence-electron chi connectivity index (χ4n) is 4.10. The molecule has 0 spiro atoms. The summed E-state index contributed by atoms with van der Waals surface area (Å²) in [7, 11) is 5.53. The van der Waals surface area contributed by atoms with Gasteiger partial charge in [-0.2, -0.15) is 8.75 Å². The first-order valence-electron chi connectivity index (χ1n) is 11.5. The van der Waals surface area contributed by atoms with Crippen molar-refractivity contribution >= 4 is 46.1 Å². The van der Waals surface area contributed by atoms with Crippen molar-refractivity contribution in [3.8, 4) is 17.2 Å². The van der Waals surface area contributed by atoms with E-state index in [4.69, 9.17) is 18.9 Å². The fraction of sp³-hybridized carbons (Fsp3) is 0.179. The van der Waals surface area contributed by atoms with E-state index < -0.39 is 17.7 Å². The number of allylic oxidation sites excluding steroid dienone is 1. The number of rotatable bonds is 10. The molecule has 1 aromatic heterocycles. The number of ketones is 1. The van der Waals surface area contributed by atoms with Crippen molar-refractivity contribution in [1.29, 1.82) is 0 Å². The number of carboxylic acid groups (broad SMARTS) is 1. The van der Waals surface area contributed by atoms with Crippen LogP contribution in [0.25, 0.3) is 16.6 Å². The van der Waals surface area contributed by atoms with Gasteiger partial charge in [-0.05, 0) is 47.5 Å². The van der Waals surface area contributed by atoms with Crippen LogP contribution in [-0.2, 0) is 16.0 Å². The Morgan fingerprint density at radius 2 is 1.38 bits per heavy atom. The van der Waals surface area contributed by atoms with Gasteiger partial charge in [0.1, 0.15) is 11.0 Å². The molecule has 4 rings (SSSR count). The first-order chi connectivity index (χ1) is 18.8. The van der Waals surface area contributed by atoms with E-state index in [1.807, 2.05) is 0 Å². The number of hydrogen-bond acceptors (Lipinski definition) is 11. The fourth-order valence-corrected chi connectivity index (χ4v) is 4.62. The van der Waals surface area contributed by atoms with Crippen LogP contribution >= 0.6 is 11.7 Å². The van der Waals surface area contributed by atoms with Crippen LogP contribution in [0.3, 0.4) is 0 Å². The summed E-state index contributed by atoms with van der Waals surface area (Å²) in [6.07, 6.45) is -0.0897. The summed E-state index contributed by atoms with van der Waals surface area (Å²) in [5.41, 5.74) is 1.95. The minimum absolute atomic E-state index is 0. The van der Waals surface area contributed by atoms with Gasteiger partial charge in [-0.15, -0.1) is 0 Å². The molecule has 4 aromatic rings. The molecule has 0 radical (unpaired) electrons. The van der Waals surface area contributed by atoms with E-state index in [1.165, 1.54) is 52.7 Å². The zero-order valence-corrected chi connectivity index (χ0v) is 25.3. The van der Waals surface area contributed by atoms with Gasteiger partial charge in [0.2, 0.25) is 5.75 Å². The molecule has 40 heavy (non-hydrogen) atoms. The molecule has 0 aliphatic rings. The minimum atomic E-state index is -1.54. The van der Waals surface area contributed by atoms with E-state index >= 15 is 0 Å². The molecule has 10 nitrogen and oxygen atoms in total. The standard InChI is InChI=1S/C28H24N2O8S.Na/c1-35-22-13-18(14-23(36-2)26(22)37-3)25(31)19(11-15-5-7-16(8-6-15)28(34)38-4)24(27(32)33)17-9-10-20-21(12-17)30-39-29-20;/h5-10,12-14H,11H2,1-4H3,(H,32,33);/q;+1/p-1. The van der Waals surface area contributed by atoms with E-state index in [0.717, 1.165) is 11.7 Å². The topological polar surface area (TPSA) is 137 Å². The van der Waals surface area contributed by atoms with Gasteiger partial charge < -0.3 is 28.8 Å². The second kappa shape index (κ2) is 13.5. The third-order valence-corrected chi connectivity index (χ3v) is 6.56. The summed E-state index contributed by atoms with van der Waals surface area (Å²) in [6, 6.07) is 13.9. The number of nitrogens with zero attached hydrogens (tertiary/aromatic N) is 2. The molecular formula is C28H23N2NaO8S. The molecule has 0 unspecified atom stereocenters. The number of fused-ring (bicyclic) bond motifs is 1. The van der Waals surface area contributed by atoms with E-state index in [9.17, 15) is 19.5 Å². The van der Waals surface area contributed by atoms with Crippen LogP contribution in [0.2, 0.25) is 0 Å². The Morgan fingerprint density at radius 1 is 0.775 bits per heavy atom. The zero-order valence-electron chi connectivity index (χ0n) is 22.5. The molecule has 0 atom stereocenters. The van der Waals surface area contributed by atoms with Crippen molar-refractivity contribution in [2.24, 2.45) is 0 Å². The number of esters is 1. The molecule has 0 N–H and O–H groups in total. The van der Waals surface area contributed by atoms with Crippen LogP contribution in [0, 0.1) is 0 Å². The summed E-state index contributed by atoms with van der Waals surface area (Å²) < 4.78 is 29.2. The number of methoxy groups -OCH3 is 4. The predicted molar refractivity (Wildman–Crippen MR) is 141 cm³/mol. The van der Waals surface area contributed by atoms with Crippen molar-refractivity contribution in [3.05, 3.63) is 82.4 Å². The van der Waals surface area contributed by atoms with Gasteiger partial charge in [-0.25, -0.2) is 4.79 Å². The Labute approximate surface area is 256 Å². The van der Waals surface area contributed by atoms with E-state index in [-0.39, 0.29) is 75.5 Å². The molecule has 0 fully saturated rings. The second-order valence-electron chi connectivity index (χ2n) is 8.22. The quantitative estimate of drug-likeness (QED) is 0.112. The minimum Gasteiger partial charge on any atom is -0.545 e. The van der Waals surface area contributed by atoms with Gasteiger partial charge >= 0.3 is 35.5 Å². The average Bonchev–Trinajstić information content (AvgIpc) is 3.43. The summed E-state index contributed by atoms with van der Waals surface area (Å²) in [5.74, 6) is -1.92. The SMILES string of the molecule is COC(=O)c1ccc(CC(C(=O)c2cc(OC)c(OC)c(OC)c2)=C(C(=O)[O-])c2ccc3nsnc3c2)cc1.[Na+]. The van der Waals surface area contributed by atoms with Crippen LogP contribution in [0.15, 0.2) is 60.2 Å². The van der Waals surface area contributed by atoms with Gasteiger partial charge in [0.15, 0.2) is 17.3 Å². The number of aliphatic carboxylic acids is 1. The molecule has 200 valence electrons. The molecule has 0 aliphatic carbocycles. The number of carbonyl (C=O) groups excluding carboxylic acids is 3. The maximum Gasteiger partial charge on any atom is 1.00 e. The number of hydrogen-bond donors (Lipinski definition) is 0. The normalized spacial score (nSPS) is 11.2. The molecule has 0 aliphatic heterocycles. The third kappa shape index (κ3) is 6.34. The third-order valence-electron chi connectivity index (χ3n) is 6.01. The Hall–Kier alpha value is -3.77. The van der Waals surface area contributed by atoms with Crippen LogP contribution in [-0.4, -0.2) is 54.9 Å². The van der Waals surface area contributed by atoms with E-state index in [2.05, 4.69) is 8.75 Å². The van der Waals surface area contributed by atoms with Gasteiger partial charge in [0, 0.05) is 23.1 Å². The molecule has 1 heterocycles. The second-order valence-corrected chi connectivity index (χ2v) is 8.75. The summed E-state index contributed by atoms with van der Waals surface area (Å²) in [5, 5.41) is 12.6. The van der Waals surface area contributed by atoms with Gasteiger partial charge in [0.05, 0.1) is 51.7 Å². The first-order valence-corrected chi connectivity index (χ1v) is 12.2. The molecule has 0 saturated carbocycles. The van der Waals surface area contributed by atoms with Crippen molar-refractivity contribution < 1.29 is 68.0 Å². The zero-order chi connectivity index (χ0) is 28.1. The summed E-state index contributed by atoms with van der Waals surface area (Å²) in [4.78, 5) is 38.5. The van der Waals surface area contributed by atoms with Crippen molar-refractivity contribution in [2.45, 2.75) is 6.42 Å². The molecule has 0 amide bonds. The van der Waals surface area contributed by atoms with Gasteiger partial charge in [0.25, 0.3) is 0 Å². The summed E-state index contributed by atoms with van der Waals surface area (Å²) in [6.45, 7) is 0. The first kappa shape index (κ1) is 30.8. The Bertz CT molecular complexity index is 1570. The average molecular weight is 571 g/mol. The maximum atomic E-state index is 14.0. The predicted octanol–water partition coefficient (Wildman–Crippen LogP) is 0.137. The van der Waals surface area contributed by atoms with Gasteiger partial charge in [-0.1, -0.05) is 18.2 Å². The number of carbonyl (C=O) groups is 3. The number of Topliss-reactive ketones (excluding diaryl/α,β-unsaturated/α-hetero) is 1.